The number of rotatable bonds is 0. The van der Waals surface area contributed by atoms with E-state index in [2.05, 4.69) is 10.3 Å². The lowest BCUT2D eigenvalue weighted by atomic mass is 10.1. The molecule has 1 N–H and O–H groups in total. The molecule has 0 aromatic heterocycles. The van der Waals surface area contributed by atoms with Gasteiger partial charge in [-0.3, -0.25) is 0 Å². The van der Waals surface area contributed by atoms with Gasteiger partial charge in [0.05, 0.1) is 12.6 Å². The first-order valence-electron chi connectivity index (χ1n) is 3.24. The molecule has 0 saturated heterocycles. The van der Waals surface area contributed by atoms with Crippen LogP contribution in [0.1, 0.15) is 6.42 Å². The summed E-state index contributed by atoms with van der Waals surface area (Å²) in [6.07, 6.45) is 8.13. The first-order valence-corrected chi connectivity index (χ1v) is 3.24. The van der Waals surface area contributed by atoms with Gasteiger partial charge in [0, 0.05) is 11.8 Å². The van der Waals surface area contributed by atoms with Crippen molar-refractivity contribution in [2.24, 2.45) is 4.99 Å². The number of hydrogen-bond donors (Lipinski definition) is 1. The van der Waals surface area contributed by atoms with E-state index in [9.17, 15) is 0 Å². The maximum Gasteiger partial charge on any atom is 0.214 e. The highest BCUT2D eigenvalue weighted by Crippen LogP contribution is 2.18. The van der Waals surface area contributed by atoms with Crippen molar-refractivity contribution in [3.05, 3.63) is 24.1 Å². The van der Waals surface area contributed by atoms with Crippen LogP contribution in [0.25, 0.3) is 0 Å². The second-order valence-electron chi connectivity index (χ2n) is 2.23. The maximum atomic E-state index is 5.20. The largest absolute Gasteiger partial charge is 0.473 e. The molecular formula is C7H8N2O. The van der Waals surface area contributed by atoms with Crippen molar-refractivity contribution >= 4 is 6.34 Å². The zero-order valence-electron chi connectivity index (χ0n) is 5.45. The molecule has 0 bridgehead atoms. The molecule has 0 aromatic rings. The highest BCUT2D eigenvalue weighted by molar-refractivity contribution is 5.58. The summed E-state index contributed by atoms with van der Waals surface area (Å²) < 4.78 is 5.20. The lowest BCUT2D eigenvalue weighted by Gasteiger charge is -2.21. The highest BCUT2D eigenvalue weighted by atomic mass is 16.5. The van der Waals surface area contributed by atoms with Crippen LogP contribution < -0.4 is 5.32 Å². The van der Waals surface area contributed by atoms with Crippen LogP contribution in [0.3, 0.4) is 0 Å². The molecule has 10 heavy (non-hydrogen) atoms. The lowest BCUT2D eigenvalue weighted by Crippen LogP contribution is -2.22. The van der Waals surface area contributed by atoms with E-state index in [4.69, 9.17) is 4.74 Å². The van der Waals surface area contributed by atoms with Crippen molar-refractivity contribution in [3.63, 3.8) is 0 Å². The van der Waals surface area contributed by atoms with Crippen LogP contribution in [0.15, 0.2) is 29.1 Å². The fourth-order valence-corrected chi connectivity index (χ4v) is 1.02. The van der Waals surface area contributed by atoms with E-state index in [1.165, 1.54) is 5.57 Å². The Hall–Kier alpha value is -1.25. The molecule has 2 heterocycles. The minimum Gasteiger partial charge on any atom is -0.473 e. The van der Waals surface area contributed by atoms with E-state index < -0.39 is 0 Å². The Balaban J connectivity index is 2.23. The van der Waals surface area contributed by atoms with E-state index in [0.717, 1.165) is 6.42 Å². The standard InChI is InChI=1S/C7H8N2O/c1-2-6-4-8-5-9-7(6)10-3-1/h1,3-5,7H,2H2,(H,8,9). The zero-order chi connectivity index (χ0) is 6.81. The molecule has 2 aliphatic rings. The molecule has 0 amide bonds. The Morgan fingerprint density at radius 3 is 3.60 bits per heavy atom. The number of fused-ring (bicyclic) bond motifs is 1. The van der Waals surface area contributed by atoms with E-state index in [0.29, 0.717) is 0 Å². The minimum atomic E-state index is -0.0637. The Morgan fingerprint density at radius 2 is 2.70 bits per heavy atom. The molecule has 0 spiro atoms. The van der Waals surface area contributed by atoms with Crippen molar-refractivity contribution in [2.75, 3.05) is 0 Å². The van der Waals surface area contributed by atoms with Crippen molar-refractivity contribution in [1.29, 1.82) is 0 Å². The molecule has 1 unspecified atom stereocenters. The topological polar surface area (TPSA) is 33.6 Å². The summed E-state index contributed by atoms with van der Waals surface area (Å²) in [5, 5.41) is 2.92. The Kier molecular flexibility index (Phi) is 1.20. The molecule has 0 saturated carbocycles. The normalized spacial score (nSPS) is 28.0. The van der Waals surface area contributed by atoms with E-state index >= 15 is 0 Å². The van der Waals surface area contributed by atoms with Crippen molar-refractivity contribution in [2.45, 2.75) is 12.6 Å². The summed E-state index contributed by atoms with van der Waals surface area (Å²) in [4.78, 5) is 4.07. The minimum absolute atomic E-state index is 0.0637. The van der Waals surface area contributed by atoms with E-state index in [-0.39, 0.29) is 6.23 Å². The number of nitrogens with one attached hydrogen (secondary N) is 1. The van der Waals surface area contributed by atoms with Gasteiger partial charge in [-0.15, -0.1) is 0 Å². The highest BCUT2D eigenvalue weighted by Gasteiger charge is 2.16. The van der Waals surface area contributed by atoms with Gasteiger partial charge in [-0.1, -0.05) is 0 Å². The first kappa shape index (κ1) is 5.53. The summed E-state index contributed by atoms with van der Waals surface area (Å²) in [6, 6.07) is 0. The van der Waals surface area contributed by atoms with Crippen LogP contribution in [0.4, 0.5) is 0 Å². The Morgan fingerprint density at radius 1 is 1.70 bits per heavy atom. The van der Waals surface area contributed by atoms with Crippen LogP contribution in [0.5, 0.6) is 0 Å². The van der Waals surface area contributed by atoms with Gasteiger partial charge in [-0.05, 0) is 12.5 Å². The molecular weight excluding hydrogens is 128 g/mol. The fourth-order valence-electron chi connectivity index (χ4n) is 1.02. The van der Waals surface area contributed by atoms with Crippen LogP contribution in [0, 0.1) is 0 Å². The molecule has 0 radical (unpaired) electrons. The van der Waals surface area contributed by atoms with E-state index in [1.807, 2.05) is 12.3 Å². The summed E-state index contributed by atoms with van der Waals surface area (Å²) in [5.74, 6) is 0. The molecule has 2 aliphatic heterocycles. The summed E-state index contributed by atoms with van der Waals surface area (Å²) in [7, 11) is 0. The molecule has 52 valence electrons. The number of aliphatic imine (C=N–C) groups is 1. The number of allylic oxidation sites excluding steroid dienone is 1. The summed E-state index contributed by atoms with van der Waals surface area (Å²) >= 11 is 0. The SMILES string of the molecule is C1=COC2N=CNC=C2C1. The van der Waals surface area contributed by atoms with Gasteiger partial charge >= 0.3 is 0 Å². The average molecular weight is 136 g/mol. The molecule has 3 nitrogen and oxygen atoms in total. The Bertz CT molecular complexity index is 218. The molecule has 1 atom stereocenters. The van der Waals surface area contributed by atoms with Crippen LogP contribution >= 0.6 is 0 Å². The van der Waals surface area contributed by atoms with Gasteiger partial charge in [0.25, 0.3) is 0 Å². The van der Waals surface area contributed by atoms with Gasteiger partial charge in [0.1, 0.15) is 0 Å². The fraction of sp³-hybridized carbons (Fsp3) is 0.286. The molecule has 0 aromatic carbocycles. The van der Waals surface area contributed by atoms with Crippen LogP contribution in [0.2, 0.25) is 0 Å². The first-order chi connectivity index (χ1) is 4.97. The maximum absolute atomic E-state index is 5.20. The zero-order valence-corrected chi connectivity index (χ0v) is 5.45. The molecule has 2 rings (SSSR count). The predicted molar refractivity (Wildman–Crippen MR) is 38.3 cm³/mol. The second kappa shape index (κ2) is 2.17. The average Bonchev–Trinajstić information content (AvgIpc) is 2.05. The van der Waals surface area contributed by atoms with Crippen molar-refractivity contribution in [3.8, 4) is 0 Å². The van der Waals surface area contributed by atoms with Gasteiger partial charge in [-0.2, -0.15) is 0 Å². The third-order valence-electron chi connectivity index (χ3n) is 1.53. The third-order valence-corrected chi connectivity index (χ3v) is 1.53. The van der Waals surface area contributed by atoms with Gasteiger partial charge in [0.2, 0.25) is 6.23 Å². The smallest absolute Gasteiger partial charge is 0.214 e. The number of ether oxygens (including phenoxy) is 1. The summed E-state index contributed by atoms with van der Waals surface area (Å²) in [6.45, 7) is 0. The molecule has 0 fully saturated rings. The summed E-state index contributed by atoms with van der Waals surface area (Å²) in [5.41, 5.74) is 1.19. The van der Waals surface area contributed by atoms with Gasteiger partial charge in [0.15, 0.2) is 0 Å². The molecule has 0 aliphatic carbocycles. The molecule has 3 heteroatoms. The second-order valence-corrected chi connectivity index (χ2v) is 2.23. The number of nitrogens with zero attached hydrogens (tertiary/aromatic N) is 1. The van der Waals surface area contributed by atoms with Crippen LogP contribution in [-0.4, -0.2) is 12.6 Å². The van der Waals surface area contributed by atoms with Crippen LogP contribution in [-0.2, 0) is 4.74 Å². The third kappa shape index (κ3) is 0.795. The van der Waals surface area contributed by atoms with Crippen molar-refractivity contribution in [1.82, 2.24) is 5.32 Å². The monoisotopic (exact) mass is 136 g/mol. The van der Waals surface area contributed by atoms with E-state index in [1.54, 1.807) is 12.6 Å². The quantitative estimate of drug-likeness (QED) is 0.533. The predicted octanol–water partition coefficient (Wildman–Crippen LogP) is 0.762. The Labute approximate surface area is 59.1 Å². The number of hydrogen-bond acceptors (Lipinski definition) is 3. The van der Waals surface area contributed by atoms with Gasteiger partial charge < -0.3 is 10.1 Å². The lowest BCUT2D eigenvalue weighted by molar-refractivity contribution is 0.171. The van der Waals surface area contributed by atoms with Gasteiger partial charge in [-0.25, -0.2) is 4.99 Å². The van der Waals surface area contributed by atoms with Crippen molar-refractivity contribution < 1.29 is 4.74 Å².